The first-order valence-corrected chi connectivity index (χ1v) is 6.15. The first kappa shape index (κ1) is 13.4. The molecule has 1 amide bonds. The fourth-order valence-electron chi connectivity index (χ4n) is 2.47. The molecule has 104 valence electrons. The third-order valence-corrected chi connectivity index (χ3v) is 3.35. The van der Waals surface area contributed by atoms with Gasteiger partial charge in [0, 0.05) is 20.1 Å². The second-order valence-electron chi connectivity index (χ2n) is 4.63. The lowest BCUT2D eigenvalue weighted by atomic mass is 10.2. The van der Waals surface area contributed by atoms with Crippen LogP contribution in [0.1, 0.15) is 22.5 Å². The summed E-state index contributed by atoms with van der Waals surface area (Å²) in [6, 6.07) is 0.0298. The van der Waals surface area contributed by atoms with Gasteiger partial charge in [-0.1, -0.05) is 0 Å². The number of alkyl carbamates (subject to hydrolysis) is 1. The van der Waals surface area contributed by atoms with Gasteiger partial charge in [0.1, 0.15) is 5.82 Å². The van der Waals surface area contributed by atoms with Crippen LogP contribution in [0, 0.1) is 6.92 Å². The second kappa shape index (κ2) is 5.29. The van der Waals surface area contributed by atoms with E-state index >= 15 is 0 Å². The number of amides is 1. The van der Waals surface area contributed by atoms with Crippen molar-refractivity contribution >= 4 is 18.2 Å². The van der Waals surface area contributed by atoms with Gasteiger partial charge in [0.2, 0.25) is 0 Å². The summed E-state index contributed by atoms with van der Waals surface area (Å²) in [5, 5.41) is 7.03. The maximum atomic E-state index is 11.2. The Morgan fingerprint density at radius 1 is 1.58 bits per heavy atom. The summed E-state index contributed by atoms with van der Waals surface area (Å²) in [5.41, 5.74) is 1.33. The maximum Gasteiger partial charge on any atom is 0.407 e. The van der Waals surface area contributed by atoms with E-state index in [1.165, 1.54) is 7.11 Å². The molecule has 0 spiro atoms. The Morgan fingerprint density at radius 3 is 2.95 bits per heavy atom. The molecule has 1 aliphatic heterocycles. The fraction of sp³-hybridized carbons (Fsp3) is 0.583. The first-order chi connectivity index (χ1) is 9.06. The van der Waals surface area contributed by atoms with E-state index in [2.05, 4.69) is 20.1 Å². The van der Waals surface area contributed by atoms with Crippen molar-refractivity contribution in [3.05, 3.63) is 11.3 Å². The molecule has 7 heteroatoms. The van der Waals surface area contributed by atoms with Crippen LogP contribution in [-0.2, 0) is 11.8 Å². The molecule has 7 nitrogen and oxygen atoms in total. The largest absolute Gasteiger partial charge is 0.453 e. The molecule has 0 saturated carbocycles. The lowest BCUT2D eigenvalue weighted by Crippen LogP contribution is -2.37. The van der Waals surface area contributed by atoms with Gasteiger partial charge >= 0.3 is 6.09 Å². The number of rotatable bonds is 3. The van der Waals surface area contributed by atoms with E-state index in [9.17, 15) is 9.59 Å². The number of nitrogens with zero attached hydrogens (tertiary/aromatic N) is 3. The number of methoxy groups -OCH3 is 1. The van der Waals surface area contributed by atoms with E-state index in [1.54, 1.807) is 4.68 Å². The standard InChI is InChI=1S/C12H18N4O3/c1-8-10(7-17)11(15(2)14-8)16-5-4-9(6-16)13-12(18)19-3/h7,9H,4-6H2,1-3H3,(H,13,18). The van der Waals surface area contributed by atoms with Crippen molar-refractivity contribution in [2.75, 3.05) is 25.1 Å². The van der Waals surface area contributed by atoms with E-state index in [-0.39, 0.29) is 6.04 Å². The summed E-state index contributed by atoms with van der Waals surface area (Å²) in [4.78, 5) is 24.4. The van der Waals surface area contributed by atoms with Gasteiger partial charge in [-0.3, -0.25) is 9.48 Å². The third kappa shape index (κ3) is 2.54. The van der Waals surface area contributed by atoms with Crippen molar-refractivity contribution in [2.45, 2.75) is 19.4 Å². The van der Waals surface area contributed by atoms with Crippen molar-refractivity contribution in [3.8, 4) is 0 Å². The van der Waals surface area contributed by atoms with Crippen molar-refractivity contribution < 1.29 is 14.3 Å². The minimum absolute atomic E-state index is 0.0298. The SMILES string of the molecule is COC(=O)NC1CCN(c2c(C=O)c(C)nn2C)C1. The minimum Gasteiger partial charge on any atom is -0.453 e. The molecule has 1 saturated heterocycles. The number of carbonyl (C=O) groups is 2. The Labute approximate surface area is 111 Å². The van der Waals surface area contributed by atoms with E-state index in [0.29, 0.717) is 12.1 Å². The van der Waals surface area contributed by atoms with E-state index < -0.39 is 6.09 Å². The van der Waals surface area contributed by atoms with Gasteiger partial charge in [0.05, 0.1) is 24.4 Å². The number of aromatic nitrogens is 2. The molecular weight excluding hydrogens is 248 g/mol. The summed E-state index contributed by atoms with van der Waals surface area (Å²) < 4.78 is 6.29. The summed E-state index contributed by atoms with van der Waals surface area (Å²) in [5.74, 6) is 0.807. The highest BCUT2D eigenvalue weighted by molar-refractivity contribution is 5.85. The zero-order valence-electron chi connectivity index (χ0n) is 11.3. The smallest absolute Gasteiger partial charge is 0.407 e. The molecule has 2 rings (SSSR count). The van der Waals surface area contributed by atoms with Gasteiger partial charge < -0.3 is 15.0 Å². The average molecular weight is 266 g/mol. The van der Waals surface area contributed by atoms with Crippen LogP contribution in [0.5, 0.6) is 0 Å². The van der Waals surface area contributed by atoms with Crippen LogP contribution in [0.2, 0.25) is 0 Å². The molecule has 0 aromatic carbocycles. The molecule has 1 atom stereocenters. The Bertz CT molecular complexity index is 497. The van der Waals surface area contributed by atoms with E-state index in [0.717, 1.165) is 30.8 Å². The molecular formula is C12H18N4O3. The summed E-state index contributed by atoms with van der Waals surface area (Å²) in [6.45, 7) is 3.23. The Hall–Kier alpha value is -2.05. The van der Waals surface area contributed by atoms with Gasteiger partial charge in [-0.15, -0.1) is 0 Å². The monoisotopic (exact) mass is 266 g/mol. The molecule has 1 fully saturated rings. The Balaban J connectivity index is 2.13. The van der Waals surface area contributed by atoms with Crippen LogP contribution in [0.4, 0.5) is 10.6 Å². The molecule has 1 N–H and O–H groups in total. The van der Waals surface area contributed by atoms with Crippen molar-refractivity contribution in [2.24, 2.45) is 7.05 Å². The molecule has 0 radical (unpaired) electrons. The fourth-order valence-corrected chi connectivity index (χ4v) is 2.47. The summed E-state index contributed by atoms with van der Waals surface area (Å²) in [6.07, 6.45) is 1.22. The minimum atomic E-state index is -0.427. The highest BCUT2D eigenvalue weighted by atomic mass is 16.5. The number of hydrogen-bond donors (Lipinski definition) is 1. The van der Waals surface area contributed by atoms with Crippen LogP contribution < -0.4 is 10.2 Å². The van der Waals surface area contributed by atoms with Crippen molar-refractivity contribution in [1.82, 2.24) is 15.1 Å². The first-order valence-electron chi connectivity index (χ1n) is 6.15. The normalized spacial score (nSPS) is 18.5. The van der Waals surface area contributed by atoms with Crippen LogP contribution in [0.3, 0.4) is 0 Å². The zero-order valence-corrected chi connectivity index (χ0v) is 11.3. The summed E-state index contributed by atoms with van der Waals surface area (Å²) >= 11 is 0. The Kier molecular flexibility index (Phi) is 3.73. The molecule has 0 bridgehead atoms. The quantitative estimate of drug-likeness (QED) is 0.805. The van der Waals surface area contributed by atoms with Crippen molar-refractivity contribution in [1.29, 1.82) is 0 Å². The Morgan fingerprint density at radius 2 is 2.32 bits per heavy atom. The van der Waals surface area contributed by atoms with Gasteiger partial charge in [-0.05, 0) is 13.3 Å². The van der Waals surface area contributed by atoms with Crippen LogP contribution in [0.25, 0.3) is 0 Å². The number of nitrogens with one attached hydrogen (secondary N) is 1. The molecule has 1 aromatic rings. The molecule has 19 heavy (non-hydrogen) atoms. The van der Waals surface area contributed by atoms with Gasteiger partial charge in [0.15, 0.2) is 6.29 Å². The maximum absolute atomic E-state index is 11.2. The summed E-state index contributed by atoms with van der Waals surface area (Å²) in [7, 11) is 3.16. The highest BCUT2D eigenvalue weighted by Crippen LogP contribution is 2.25. The second-order valence-corrected chi connectivity index (χ2v) is 4.63. The van der Waals surface area contributed by atoms with Gasteiger partial charge in [0.25, 0.3) is 0 Å². The van der Waals surface area contributed by atoms with Gasteiger partial charge in [-0.25, -0.2) is 4.79 Å². The van der Waals surface area contributed by atoms with Crippen LogP contribution in [-0.4, -0.2) is 48.4 Å². The van der Waals surface area contributed by atoms with E-state index in [1.807, 2.05) is 14.0 Å². The zero-order chi connectivity index (χ0) is 14.0. The lowest BCUT2D eigenvalue weighted by Gasteiger charge is -2.19. The number of hydrogen-bond acceptors (Lipinski definition) is 5. The van der Waals surface area contributed by atoms with Crippen molar-refractivity contribution in [3.63, 3.8) is 0 Å². The number of carbonyl (C=O) groups excluding carboxylic acids is 2. The predicted molar refractivity (Wildman–Crippen MR) is 69.5 cm³/mol. The average Bonchev–Trinajstić information content (AvgIpc) is 2.93. The topological polar surface area (TPSA) is 76.5 Å². The molecule has 0 aliphatic carbocycles. The molecule has 2 heterocycles. The van der Waals surface area contributed by atoms with Gasteiger partial charge in [-0.2, -0.15) is 5.10 Å². The predicted octanol–water partition coefficient (Wildman–Crippen LogP) is 0.476. The van der Waals surface area contributed by atoms with Crippen LogP contribution >= 0.6 is 0 Å². The van der Waals surface area contributed by atoms with Crippen LogP contribution in [0.15, 0.2) is 0 Å². The number of aldehydes is 1. The third-order valence-electron chi connectivity index (χ3n) is 3.35. The highest BCUT2D eigenvalue weighted by Gasteiger charge is 2.28. The number of ether oxygens (including phenoxy) is 1. The number of aryl methyl sites for hydroxylation is 2. The van der Waals surface area contributed by atoms with E-state index in [4.69, 9.17) is 0 Å². The molecule has 1 aliphatic rings. The molecule has 1 unspecified atom stereocenters. The number of anilines is 1. The lowest BCUT2D eigenvalue weighted by molar-refractivity contribution is 0.112. The molecule has 1 aromatic heterocycles.